The van der Waals surface area contributed by atoms with E-state index in [0.29, 0.717) is 12.5 Å². The molecule has 0 aromatic heterocycles. The molecular formula is C26H48O5. The number of allylic oxidation sites excluding steroid dienone is 1. The predicted molar refractivity (Wildman–Crippen MR) is 127 cm³/mol. The summed E-state index contributed by atoms with van der Waals surface area (Å²) in [6.45, 7) is 7.09. The lowest BCUT2D eigenvalue weighted by molar-refractivity contribution is -0.152. The molecule has 0 saturated carbocycles. The van der Waals surface area contributed by atoms with Crippen LogP contribution in [0.3, 0.4) is 0 Å². The fraction of sp³-hybridized carbons (Fsp3) is 0.846. The van der Waals surface area contributed by atoms with Crippen molar-refractivity contribution in [2.24, 2.45) is 5.41 Å². The Morgan fingerprint density at radius 3 is 2.26 bits per heavy atom. The number of methoxy groups -OCH3 is 1. The molecule has 31 heavy (non-hydrogen) atoms. The maximum atomic E-state index is 11.9. The highest BCUT2D eigenvalue weighted by Gasteiger charge is 2.32. The summed E-state index contributed by atoms with van der Waals surface area (Å²) in [4.78, 5) is 23.2. The number of Topliss-reactive ketones (excluding diaryl/α,β-unsaturated/α-hetero) is 1. The van der Waals surface area contributed by atoms with Gasteiger partial charge in [-0.3, -0.25) is 9.59 Å². The first-order chi connectivity index (χ1) is 14.7. The topological polar surface area (TPSA) is 72.8 Å². The van der Waals surface area contributed by atoms with Crippen LogP contribution in [0.25, 0.3) is 0 Å². The molecule has 5 heteroatoms. The fourth-order valence-electron chi connectivity index (χ4n) is 3.53. The van der Waals surface area contributed by atoms with Gasteiger partial charge in [0.2, 0.25) is 0 Å². The van der Waals surface area contributed by atoms with Gasteiger partial charge < -0.3 is 14.6 Å². The lowest BCUT2D eigenvalue weighted by Gasteiger charge is -2.28. The molecule has 182 valence electrons. The van der Waals surface area contributed by atoms with Crippen molar-refractivity contribution in [1.29, 1.82) is 0 Å². The highest BCUT2D eigenvalue weighted by Crippen LogP contribution is 2.22. The van der Waals surface area contributed by atoms with Crippen molar-refractivity contribution in [1.82, 2.24) is 0 Å². The van der Waals surface area contributed by atoms with Crippen LogP contribution in [-0.4, -0.2) is 42.8 Å². The summed E-state index contributed by atoms with van der Waals surface area (Å²) in [5.41, 5.74) is -0.757. The molecule has 0 heterocycles. The van der Waals surface area contributed by atoms with Gasteiger partial charge in [-0.15, -0.1) is 0 Å². The molecule has 0 aliphatic rings. The van der Waals surface area contributed by atoms with Crippen LogP contribution in [0.2, 0.25) is 0 Å². The standard InChI is InChI=1S/C26H48O5/c1-6-7-8-15-18-23(30-5)19-16-13-11-9-10-12-14-17-20-24(28)31-21-26(3,4)25(29)22(2)27/h13,16,23,25,29H,6-12,14-15,17-21H2,1-5H3/b16-13+. The quantitative estimate of drug-likeness (QED) is 0.139. The van der Waals surface area contributed by atoms with Crippen molar-refractivity contribution in [2.45, 2.75) is 123 Å². The second kappa shape index (κ2) is 18.4. The minimum Gasteiger partial charge on any atom is -0.465 e. The highest BCUT2D eigenvalue weighted by atomic mass is 16.5. The lowest BCUT2D eigenvalue weighted by Crippen LogP contribution is -2.39. The normalized spacial score (nSPS) is 14.0. The molecule has 0 aromatic carbocycles. The smallest absolute Gasteiger partial charge is 0.305 e. The molecular weight excluding hydrogens is 392 g/mol. The molecule has 0 rings (SSSR count). The molecule has 1 N–H and O–H groups in total. The Kier molecular flexibility index (Phi) is 17.7. The number of carbonyl (C=O) groups excluding carboxylic acids is 2. The number of hydrogen-bond acceptors (Lipinski definition) is 5. The summed E-state index contributed by atoms with van der Waals surface area (Å²) in [5.74, 6) is -0.564. The Balaban J connectivity index is 3.69. The number of ketones is 1. The van der Waals surface area contributed by atoms with Gasteiger partial charge in [-0.1, -0.05) is 77.9 Å². The summed E-state index contributed by atoms with van der Waals surface area (Å²) in [6.07, 6.45) is 17.9. The van der Waals surface area contributed by atoms with Gasteiger partial charge in [0.05, 0.1) is 12.7 Å². The molecule has 2 atom stereocenters. The molecule has 0 aliphatic heterocycles. The van der Waals surface area contributed by atoms with Crippen molar-refractivity contribution in [2.75, 3.05) is 13.7 Å². The van der Waals surface area contributed by atoms with Crippen LogP contribution in [0.1, 0.15) is 111 Å². The van der Waals surface area contributed by atoms with Gasteiger partial charge >= 0.3 is 5.97 Å². The van der Waals surface area contributed by atoms with E-state index >= 15 is 0 Å². The average Bonchev–Trinajstić information content (AvgIpc) is 2.74. The van der Waals surface area contributed by atoms with Crippen molar-refractivity contribution in [3.05, 3.63) is 12.2 Å². The van der Waals surface area contributed by atoms with E-state index in [0.717, 1.165) is 38.5 Å². The van der Waals surface area contributed by atoms with Crippen LogP contribution in [-0.2, 0) is 19.1 Å². The minimum absolute atomic E-state index is 0.0571. The van der Waals surface area contributed by atoms with E-state index in [1.165, 1.54) is 45.4 Å². The van der Waals surface area contributed by atoms with Gasteiger partial charge in [-0.2, -0.15) is 0 Å². The molecule has 2 unspecified atom stereocenters. The molecule has 0 radical (unpaired) electrons. The van der Waals surface area contributed by atoms with E-state index in [9.17, 15) is 14.7 Å². The molecule has 0 amide bonds. The number of ether oxygens (including phenoxy) is 2. The molecule has 0 spiro atoms. The first-order valence-corrected chi connectivity index (χ1v) is 12.3. The van der Waals surface area contributed by atoms with Crippen LogP contribution < -0.4 is 0 Å². The second-order valence-electron chi connectivity index (χ2n) is 9.38. The van der Waals surface area contributed by atoms with Gasteiger partial charge in [-0.25, -0.2) is 0 Å². The van der Waals surface area contributed by atoms with E-state index in [1.807, 2.05) is 7.11 Å². The van der Waals surface area contributed by atoms with E-state index < -0.39 is 11.5 Å². The molecule has 0 aliphatic carbocycles. The lowest BCUT2D eigenvalue weighted by atomic mass is 9.85. The third-order valence-corrected chi connectivity index (χ3v) is 5.76. The Hall–Kier alpha value is -1.20. The number of aliphatic hydroxyl groups is 1. The van der Waals surface area contributed by atoms with Crippen LogP contribution in [0, 0.1) is 5.41 Å². The van der Waals surface area contributed by atoms with Crippen LogP contribution >= 0.6 is 0 Å². The average molecular weight is 441 g/mol. The second-order valence-corrected chi connectivity index (χ2v) is 9.38. The zero-order chi connectivity index (χ0) is 23.5. The summed E-state index contributed by atoms with van der Waals surface area (Å²) >= 11 is 0. The molecule has 0 saturated heterocycles. The predicted octanol–water partition coefficient (Wildman–Crippen LogP) is 6.17. The van der Waals surface area contributed by atoms with E-state index in [-0.39, 0.29) is 18.4 Å². The Labute approximate surface area is 191 Å². The van der Waals surface area contributed by atoms with Crippen molar-refractivity contribution in [3.8, 4) is 0 Å². The van der Waals surface area contributed by atoms with E-state index in [1.54, 1.807) is 13.8 Å². The Morgan fingerprint density at radius 1 is 0.968 bits per heavy atom. The van der Waals surface area contributed by atoms with Crippen LogP contribution in [0.5, 0.6) is 0 Å². The van der Waals surface area contributed by atoms with E-state index in [4.69, 9.17) is 9.47 Å². The summed E-state index contributed by atoms with van der Waals surface area (Å²) in [6, 6.07) is 0. The van der Waals surface area contributed by atoms with Crippen LogP contribution in [0.15, 0.2) is 12.2 Å². The third kappa shape index (κ3) is 16.1. The van der Waals surface area contributed by atoms with Crippen molar-refractivity contribution >= 4 is 11.8 Å². The third-order valence-electron chi connectivity index (χ3n) is 5.76. The summed E-state index contributed by atoms with van der Waals surface area (Å²) in [5, 5.41) is 9.86. The van der Waals surface area contributed by atoms with Gasteiger partial charge in [0.1, 0.15) is 6.10 Å². The number of esters is 1. The number of rotatable bonds is 20. The number of unbranched alkanes of at least 4 members (excludes halogenated alkanes) is 8. The zero-order valence-electron chi connectivity index (χ0n) is 20.8. The fourth-order valence-corrected chi connectivity index (χ4v) is 3.53. The number of hydrogen-bond donors (Lipinski definition) is 1. The molecule has 0 fully saturated rings. The van der Waals surface area contributed by atoms with Gasteiger partial charge in [-0.05, 0) is 39.0 Å². The maximum Gasteiger partial charge on any atom is 0.305 e. The first kappa shape index (κ1) is 29.8. The number of aliphatic hydroxyl groups excluding tert-OH is 1. The summed E-state index contributed by atoms with van der Waals surface area (Å²) < 4.78 is 10.8. The maximum absolute atomic E-state index is 11.9. The molecule has 0 bridgehead atoms. The van der Waals surface area contributed by atoms with Gasteiger partial charge in [0, 0.05) is 18.9 Å². The van der Waals surface area contributed by atoms with Gasteiger partial charge in [0.15, 0.2) is 5.78 Å². The zero-order valence-corrected chi connectivity index (χ0v) is 20.8. The van der Waals surface area contributed by atoms with E-state index in [2.05, 4.69) is 19.1 Å². The molecule has 5 nitrogen and oxygen atoms in total. The highest BCUT2D eigenvalue weighted by molar-refractivity contribution is 5.81. The number of carbonyl (C=O) groups is 2. The SMILES string of the molecule is CCCCCCC(C/C=C/CCCCCCCC(=O)OCC(C)(C)C(O)C(C)=O)OC. The van der Waals surface area contributed by atoms with Crippen molar-refractivity contribution < 1.29 is 24.2 Å². The molecule has 0 aromatic rings. The largest absolute Gasteiger partial charge is 0.465 e. The monoisotopic (exact) mass is 440 g/mol. The first-order valence-electron chi connectivity index (χ1n) is 12.3. The Morgan fingerprint density at radius 2 is 1.61 bits per heavy atom. The minimum atomic E-state index is -1.11. The van der Waals surface area contributed by atoms with Crippen molar-refractivity contribution in [3.63, 3.8) is 0 Å². The summed E-state index contributed by atoms with van der Waals surface area (Å²) in [7, 11) is 1.81. The Bertz CT molecular complexity index is 498. The van der Waals surface area contributed by atoms with Gasteiger partial charge in [0.25, 0.3) is 0 Å². The van der Waals surface area contributed by atoms with Crippen LogP contribution in [0.4, 0.5) is 0 Å².